The molecular weight excluding hydrogens is 410 g/mol. The number of thiazole rings is 1. The van der Waals surface area contributed by atoms with Gasteiger partial charge in [0.05, 0.1) is 22.5 Å². The standard InChI is InChI=1S/C21H16ClN3OS2/c1-14-17(22)8-9-18-20(14)24-21(28-18)25(13-15-5-2-3-11-23-15)19(26)10-7-16-6-4-12-27-16/h2-12H,13H2,1H3/b10-7+. The third-order valence-electron chi connectivity index (χ3n) is 4.21. The first-order chi connectivity index (χ1) is 13.6. The average molecular weight is 426 g/mol. The molecule has 0 unspecified atom stereocenters. The second-order valence-corrected chi connectivity index (χ2v) is 8.51. The molecule has 140 valence electrons. The maximum Gasteiger partial charge on any atom is 0.253 e. The zero-order chi connectivity index (χ0) is 19.5. The van der Waals surface area contributed by atoms with Crippen LogP contribution in [-0.2, 0) is 11.3 Å². The fourth-order valence-electron chi connectivity index (χ4n) is 2.73. The summed E-state index contributed by atoms with van der Waals surface area (Å²) in [6.45, 7) is 2.29. The number of halogens is 1. The van der Waals surface area contributed by atoms with Gasteiger partial charge in [0.2, 0.25) is 0 Å². The Kier molecular flexibility index (Phi) is 5.52. The molecule has 0 aliphatic carbocycles. The number of rotatable bonds is 5. The molecule has 0 N–H and O–H groups in total. The summed E-state index contributed by atoms with van der Waals surface area (Å²) in [5.41, 5.74) is 2.55. The molecule has 0 saturated carbocycles. The summed E-state index contributed by atoms with van der Waals surface area (Å²) in [5, 5.41) is 3.28. The van der Waals surface area contributed by atoms with Crippen LogP contribution in [0.15, 0.2) is 60.1 Å². The molecule has 0 fully saturated rings. The number of aryl methyl sites for hydroxylation is 1. The van der Waals surface area contributed by atoms with Crippen LogP contribution in [-0.4, -0.2) is 15.9 Å². The highest BCUT2D eigenvalue weighted by atomic mass is 35.5. The van der Waals surface area contributed by atoms with Crippen LogP contribution < -0.4 is 4.90 Å². The zero-order valence-electron chi connectivity index (χ0n) is 15.0. The molecule has 0 atom stereocenters. The topological polar surface area (TPSA) is 46.1 Å². The Hall–Kier alpha value is -2.54. The highest BCUT2D eigenvalue weighted by Gasteiger charge is 2.20. The molecular formula is C21H16ClN3OS2. The number of carbonyl (C=O) groups is 1. The summed E-state index contributed by atoms with van der Waals surface area (Å²) in [6.07, 6.45) is 5.14. The fraction of sp³-hybridized carbons (Fsp3) is 0.0952. The van der Waals surface area contributed by atoms with Gasteiger partial charge in [0.25, 0.3) is 5.91 Å². The van der Waals surface area contributed by atoms with E-state index in [2.05, 4.69) is 4.98 Å². The summed E-state index contributed by atoms with van der Waals surface area (Å²) in [4.78, 5) is 24.8. The third-order valence-corrected chi connectivity index (χ3v) is 6.50. The van der Waals surface area contributed by atoms with E-state index in [-0.39, 0.29) is 5.91 Å². The minimum atomic E-state index is -0.137. The van der Waals surface area contributed by atoms with Crippen molar-refractivity contribution in [2.45, 2.75) is 13.5 Å². The maximum atomic E-state index is 13.0. The van der Waals surface area contributed by atoms with Crippen LogP contribution in [0.3, 0.4) is 0 Å². The highest BCUT2D eigenvalue weighted by molar-refractivity contribution is 7.22. The second kappa shape index (κ2) is 8.22. The van der Waals surface area contributed by atoms with Gasteiger partial charge < -0.3 is 0 Å². The van der Waals surface area contributed by atoms with Crippen LogP contribution in [0, 0.1) is 6.92 Å². The van der Waals surface area contributed by atoms with Gasteiger partial charge in [-0.05, 0) is 54.3 Å². The van der Waals surface area contributed by atoms with Crippen molar-refractivity contribution in [2.24, 2.45) is 0 Å². The number of pyridine rings is 1. The van der Waals surface area contributed by atoms with Crippen LogP contribution in [0.2, 0.25) is 5.02 Å². The van der Waals surface area contributed by atoms with Crippen LogP contribution in [0.1, 0.15) is 16.1 Å². The molecule has 28 heavy (non-hydrogen) atoms. The first-order valence-corrected chi connectivity index (χ1v) is 10.7. The van der Waals surface area contributed by atoms with Gasteiger partial charge in [-0.15, -0.1) is 11.3 Å². The van der Waals surface area contributed by atoms with E-state index in [9.17, 15) is 4.79 Å². The molecule has 4 aromatic rings. The van der Waals surface area contributed by atoms with Crippen molar-refractivity contribution in [1.29, 1.82) is 0 Å². The van der Waals surface area contributed by atoms with E-state index in [1.54, 1.807) is 28.5 Å². The Morgan fingerprint density at radius 2 is 2.11 bits per heavy atom. The Labute approximate surface area is 175 Å². The SMILES string of the molecule is Cc1c(Cl)ccc2sc(N(Cc3ccccn3)C(=O)/C=C/c3cccs3)nc12. The first-order valence-electron chi connectivity index (χ1n) is 8.60. The zero-order valence-corrected chi connectivity index (χ0v) is 17.4. The van der Waals surface area contributed by atoms with Crippen LogP contribution in [0.4, 0.5) is 5.13 Å². The summed E-state index contributed by atoms with van der Waals surface area (Å²) >= 11 is 9.30. The molecule has 3 aromatic heterocycles. The average Bonchev–Trinajstić information content (AvgIpc) is 3.38. The lowest BCUT2D eigenvalue weighted by Crippen LogP contribution is -2.29. The van der Waals surface area contributed by atoms with E-state index < -0.39 is 0 Å². The number of anilines is 1. The molecule has 0 aliphatic heterocycles. The molecule has 7 heteroatoms. The number of aromatic nitrogens is 2. The molecule has 3 heterocycles. The van der Waals surface area contributed by atoms with Gasteiger partial charge in [-0.3, -0.25) is 14.7 Å². The molecule has 0 bridgehead atoms. The smallest absolute Gasteiger partial charge is 0.253 e. The Balaban J connectivity index is 1.72. The minimum absolute atomic E-state index is 0.137. The second-order valence-electron chi connectivity index (χ2n) is 6.11. The van der Waals surface area contributed by atoms with E-state index in [0.29, 0.717) is 16.7 Å². The largest absolute Gasteiger partial charge is 0.278 e. The molecule has 1 aromatic carbocycles. The monoisotopic (exact) mass is 425 g/mol. The van der Waals surface area contributed by atoms with E-state index >= 15 is 0 Å². The molecule has 0 spiro atoms. The van der Waals surface area contributed by atoms with Gasteiger partial charge in [0.15, 0.2) is 5.13 Å². The quantitative estimate of drug-likeness (QED) is 0.370. The molecule has 0 aliphatic rings. The number of hydrogen-bond acceptors (Lipinski definition) is 5. The fourth-order valence-corrected chi connectivity index (χ4v) is 4.53. The van der Waals surface area contributed by atoms with Gasteiger partial charge in [0, 0.05) is 22.2 Å². The van der Waals surface area contributed by atoms with Crippen molar-refractivity contribution in [2.75, 3.05) is 4.90 Å². The van der Waals surface area contributed by atoms with Crippen molar-refractivity contribution in [3.05, 3.63) is 81.3 Å². The first kappa shape index (κ1) is 18.8. The molecule has 0 saturated heterocycles. The minimum Gasteiger partial charge on any atom is -0.278 e. The molecule has 4 rings (SSSR count). The van der Waals surface area contributed by atoms with Crippen molar-refractivity contribution < 1.29 is 4.79 Å². The van der Waals surface area contributed by atoms with E-state index in [4.69, 9.17) is 16.6 Å². The Morgan fingerprint density at radius 1 is 1.21 bits per heavy atom. The summed E-state index contributed by atoms with van der Waals surface area (Å²) in [6, 6.07) is 13.4. The molecule has 4 nitrogen and oxygen atoms in total. The Morgan fingerprint density at radius 3 is 2.86 bits per heavy atom. The van der Waals surface area contributed by atoms with E-state index in [0.717, 1.165) is 26.4 Å². The predicted octanol–water partition coefficient (Wildman–Crippen LogP) is 5.96. The van der Waals surface area contributed by atoms with Crippen molar-refractivity contribution >= 4 is 61.6 Å². The van der Waals surface area contributed by atoms with Crippen molar-refractivity contribution in [1.82, 2.24) is 9.97 Å². The number of carbonyl (C=O) groups excluding carboxylic acids is 1. The molecule has 1 amide bonds. The Bertz CT molecular complexity index is 1140. The third kappa shape index (κ3) is 3.99. The number of benzene rings is 1. The number of amides is 1. The number of fused-ring (bicyclic) bond motifs is 1. The van der Waals surface area contributed by atoms with Gasteiger partial charge in [-0.25, -0.2) is 4.98 Å². The number of hydrogen-bond donors (Lipinski definition) is 0. The number of thiophene rings is 1. The lowest BCUT2D eigenvalue weighted by atomic mass is 10.2. The number of nitrogens with zero attached hydrogens (tertiary/aromatic N) is 3. The maximum absolute atomic E-state index is 13.0. The van der Waals surface area contributed by atoms with Gasteiger partial charge in [-0.2, -0.15) is 0 Å². The van der Waals surface area contributed by atoms with Crippen LogP contribution in [0.5, 0.6) is 0 Å². The highest BCUT2D eigenvalue weighted by Crippen LogP contribution is 2.34. The van der Waals surface area contributed by atoms with Gasteiger partial charge in [-0.1, -0.05) is 35.1 Å². The van der Waals surface area contributed by atoms with Crippen molar-refractivity contribution in [3.63, 3.8) is 0 Å². The summed E-state index contributed by atoms with van der Waals surface area (Å²) < 4.78 is 0.998. The lowest BCUT2D eigenvalue weighted by Gasteiger charge is -2.17. The summed E-state index contributed by atoms with van der Waals surface area (Å²) in [5.74, 6) is -0.137. The van der Waals surface area contributed by atoms with Crippen LogP contribution >= 0.6 is 34.3 Å². The van der Waals surface area contributed by atoms with Crippen LogP contribution in [0.25, 0.3) is 16.3 Å². The van der Waals surface area contributed by atoms with Crippen molar-refractivity contribution in [3.8, 4) is 0 Å². The van der Waals surface area contributed by atoms with E-state index in [1.165, 1.54) is 11.3 Å². The normalized spacial score (nSPS) is 11.4. The summed E-state index contributed by atoms with van der Waals surface area (Å²) in [7, 11) is 0. The predicted molar refractivity (Wildman–Crippen MR) is 118 cm³/mol. The molecule has 0 radical (unpaired) electrons. The van der Waals surface area contributed by atoms with Gasteiger partial charge in [0.1, 0.15) is 0 Å². The lowest BCUT2D eigenvalue weighted by molar-refractivity contribution is -0.114. The van der Waals surface area contributed by atoms with Gasteiger partial charge >= 0.3 is 0 Å². The van der Waals surface area contributed by atoms with E-state index in [1.807, 2.05) is 60.8 Å².